The number of nitrogens with zero attached hydrogens (tertiary/aromatic N) is 3. The topological polar surface area (TPSA) is 102 Å². The molecule has 2 unspecified atom stereocenters. The molecule has 26 heavy (non-hydrogen) atoms. The molecule has 1 aliphatic rings. The molecule has 2 atom stereocenters. The summed E-state index contributed by atoms with van der Waals surface area (Å²) in [6, 6.07) is 5.23. The number of likely N-dealkylation sites (tertiary alicyclic amines) is 1. The fraction of sp³-hybridized carbons (Fsp3) is 0.500. The van der Waals surface area contributed by atoms with Gasteiger partial charge in [0.05, 0.1) is 30.4 Å². The molecule has 8 heteroatoms. The summed E-state index contributed by atoms with van der Waals surface area (Å²) in [5, 5.41) is 10.3. The number of aliphatic hydroxyl groups excluding tert-OH is 1. The third kappa shape index (κ3) is 4.25. The van der Waals surface area contributed by atoms with Gasteiger partial charge in [0, 0.05) is 30.9 Å². The molecule has 0 bridgehead atoms. The third-order valence-corrected chi connectivity index (χ3v) is 5.62. The van der Waals surface area contributed by atoms with E-state index in [1.807, 2.05) is 18.2 Å². The molecule has 1 amide bonds. The zero-order valence-corrected chi connectivity index (χ0v) is 15.6. The average molecular weight is 376 g/mol. The quantitative estimate of drug-likeness (QED) is 0.702. The Kier molecular flexibility index (Phi) is 6.29. The van der Waals surface area contributed by atoms with Gasteiger partial charge in [-0.15, -0.1) is 11.8 Å². The van der Waals surface area contributed by atoms with E-state index in [1.165, 1.54) is 0 Å². The van der Waals surface area contributed by atoms with E-state index in [0.717, 1.165) is 46.9 Å². The number of carbonyl (C=O) groups excluding carboxylic acids is 1. The van der Waals surface area contributed by atoms with Gasteiger partial charge < -0.3 is 15.6 Å². The molecule has 1 fully saturated rings. The molecule has 3 N–H and O–H groups in total. The van der Waals surface area contributed by atoms with Crippen LogP contribution in [0.5, 0.6) is 5.75 Å². The van der Waals surface area contributed by atoms with Crippen molar-refractivity contribution < 1.29 is 14.6 Å². The van der Waals surface area contributed by atoms with Gasteiger partial charge in [-0.3, -0.25) is 14.7 Å². The molecule has 0 saturated carbocycles. The maximum Gasteiger partial charge on any atom is 0.235 e. The predicted molar refractivity (Wildman–Crippen MR) is 101 cm³/mol. The Morgan fingerprint density at radius 1 is 1.46 bits per heavy atom. The number of aromatic nitrogens is 2. The van der Waals surface area contributed by atoms with Crippen LogP contribution < -0.4 is 10.5 Å². The Labute approximate surface area is 156 Å². The van der Waals surface area contributed by atoms with Gasteiger partial charge in [0.15, 0.2) is 0 Å². The number of fused-ring (bicyclic) bond motifs is 1. The number of benzene rings is 1. The number of thioether (sulfide) groups is 1. The van der Waals surface area contributed by atoms with E-state index in [2.05, 4.69) is 14.9 Å². The van der Waals surface area contributed by atoms with Crippen LogP contribution in [0.15, 0.2) is 29.4 Å². The molecule has 3 rings (SSSR count). The molecule has 0 aliphatic carbocycles. The molecular formula is C18H24N4O3S. The third-order valence-electron chi connectivity index (χ3n) is 4.74. The molecule has 0 spiro atoms. The minimum Gasteiger partial charge on any atom is -0.497 e. The van der Waals surface area contributed by atoms with Crippen LogP contribution in [0.25, 0.3) is 11.0 Å². The first-order chi connectivity index (χ1) is 12.6. The van der Waals surface area contributed by atoms with Crippen molar-refractivity contribution >= 4 is 28.7 Å². The number of hydrogen-bond acceptors (Lipinski definition) is 7. The number of hydrogen-bond donors (Lipinski definition) is 2. The Bertz CT molecular complexity index is 773. The molecule has 1 saturated heterocycles. The average Bonchev–Trinajstić information content (AvgIpc) is 2.66. The van der Waals surface area contributed by atoms with E-state index in [1.54, 1.807) is 25.1 Å². The van der Waals surface area contributed by atoms with Gasteiger partial charge in [-0.1, -0.05) is 0 Å². The number of aliphatic hydroxyl groups is 1. The number of rotatable bonds is 7. The summed E-state index contributed by atoms with van der Waals surface area (Å²) < 4.78 is 5.23. The van der Waals surface area contributed by atoms with Crippen LogP contribution in [0.1, 0.15) is 12.8 Å². The molecule has 2 heterocycles. The van der Waals surface area contributed by atoms with E-state index < -0.39 is 0 Å². The summed E-state index contributed by atoms with van der Waals surface area (Å²) in [5.41, 5.74) is 7.18. The zero-order valence-electron chi connectivity index (χ0n) is 14.8. The number of piperidine rings is 1. The summed E-state index contributed by atoms with van der Waals surface area (Å²) in [6.45, 7) is 1.53. The van der Waals surface area contributed by atoms with Crippen molar-refractivity contribution in [3.8, 4) is 5.75 Å². The normalized spacial score (nSPS) is 21.0. The van der Waals surface area contributed by atoms with Crippen molar-refractivity contribution in [2.45, 2.75) is 23.9 Å². The lowest BCUT2D eigenvalue weighted by Gasteiger charge is -2.38. The van der Waals surface area contributed by atoms with Gasteiger partial charge in [0.1, 0.15) is 10.8 Å². The van der Waals surface area contributed by atoms with E-state index in [0.29, 0.717) is 6.54 Å². The van der Waals surface area contributed by atoms with Gasteiger partial charge in [-0.25, -0.2) is 4.98 Å². The number of nitrogens with two attached hydrogens (primary N) is 1. The second kappa shape index (κ2) is 8.66. The van der Waals surface area contributed by atoms with Crippen molar-refractivity contribution in [1.82, 2.24) is 14.9 Å². The first-order valence-corrected chi connectivity index (χ1v) is 9.68. The van der Waals surface area contributed by atoms with E-state index in [4.69, 9.17) is 10.5 Å². The molecule has 0 radical (unpaired) electrons. The highest BCUT2D eigenvalue weighted by molar-refractivity contribution is 7.99. The highest BCUT2D eigenvalue weighted by atomic mass is 32.2. The standard InChI is InChI=1S/C18H24N4O3S/c1-25-13-4-5-14-15(9-13)21-16(10-20-14)26-8-7-22-6-2-3-12(11-23)17(22)18(19)24/h4-5,9-10,12,17,23H,2-3,6-8,11H2,1H3,(H2,19,24). The molecule has 140 valence electrons. The number of primary amides is 1. The lowest BCUT2D eigenvalue weighted by Crippen LogP contribution is -2.54. The predicted octanol–water partition coefficient (Wildman–Crippen LogP) is 1.29. The van der Waals surface area contributed by atoms with E-state index in [-0.39, 0.29) is 24.5 Å². The first kappa shape index (κ1) is 18.9. The molecule has 7 nitrogen and oxygen atoms in total. The van der Waals surface area contributed by atoms with Gasteiger partial charge in [0.25, 0.3) is 0 Å². The van der Waals surface area contributed by atoms with Gasteiger partial charge in [0.2, 0.25) is 5.91 Å². The smallest absolute Gasteiger partial charge is 0.235 e. The van der Waals surface area contributed by atoms with Crippen LogP contribution in [-0.4, -0.2) is 64.5 Å². The maximum absolute atomic E-state index is 11.8. The Morgan fingerprint density at radius 3 is 3.04 bits per heavy atom. The summed E-state index contributed by atoms with van der Waals surface area (Å²) in [5.74, 6) is 1.10. The second-order valence-corrected chi connectivity index (χ2v) is 7.49. The molecule has 2 aromatic rings. The lowest BCUT2D eigenvalue weighted by atomic mass is 9.89. The number of amides is 1. The van der Waals surface area contributed by atoms with Crippen LogP contribution in [0.3, 0.4) is 0 Å². The molecule has 1 aromatic heterocycles. The summed E-state index contributed by atoms with van der Waals surface area (Å²) in [6.07, 6.45) is 3.57. The van der Waals surface area contributed by atoms with Crippen LogP contribution in [0, 0.1) is 5.92 Å². The maximum atomic E-state index is 11.8. The summed E-state index contributed by atoms with van der Waals surface area (Å²) in [4.78, 5) is 22.9. The molecule has 1 aromatic carbocycles. The number of carbonyl (C=O) groups is 1. The largest absolute Gasteiger partial charge is 0.497 e. The van der Waals surface area contributed by atoms with Gasteiger partial charge in [-0.2, -0.15) is 0 Å². The van der Waals surface area contributed by atoms with Gasteiger partial charge in [-0.05, 0) is 31.5 Å². The fourth-order valence-corrected chi connectivity index (χ4v) is 4.27. The van der Waals surface area contributed by atoms with Crippen molar-refractivity contribution in [3.63, 3.8) is 0 Å². The SMILES string of the molecule is COc1ccc2ncc(SCCN3CCCC(CO)C3C(N)=O)nc2c1. The van der Waals surface area contributed by atoms with Crippen molar-refractivity contribution in [2.75, 3.05) is 32.6 Å². The van der Waals surface area contributed by atoms with Crippen LogP contribution in [0.2, 0.25) is 0 Å². The van der Waals surface area contributed by atoms with Crippen LogP contribution >= 0.6 is 11.8 Å². The van der Waals surface area contributed by atoms with Crippen LogP contribution in [-0.2, 0) is 4.79 Å². The molecular weight excluding hydrogens is 352 g/mol. The van der Waals surface area contributed by atoms with Crippen LogP contribution in [0.4, 0.5) is 0 Å². The number of ether oxygens (including phenoxy) is 1. The summed E-state index contributed by atoms with van der Waals surface area (Å²) >= 11 is 1.59. The van der Waals surface area contributed by atoms with Crippen molar-refractivity contribution in [3.05, 3.63) is 24.4 Å². The van der Waals surface area contributed by atoms with Crippen molar-refractivity contribution in [1.29, 1.82) is 0 Å². The Hall–Kier alpha value is -1.90. The van der Waals surface area contributed by atoms with E-state index >= 15 is 0 Å². The highest BCUT2D eigenvalue weighted by Gasteiger charge is 2.34. The molecule has 1 aliphatic heterocycles. The zero-order chi connectivity index (χ0) is 18.5. The summed E-state index contributed by atoms with van der Waals surface area (Å²) in [7, 11) is 1.63. The highest BCUT2D eigenvalue weighted by Crippen LogP contribution is 2.25. The Balaban J connectivity index is 1.63. The second-order valence-electron chi connectivity index (χ2n) is 6.38. The minimum atomic E-state index is -0.388. The minimum absolute atomic E-state index is 0.00473. The van der Waals surface area contributed by atoms with Gasteiger partial charge >= 0.3 is 0 Å². The lowest BCUT2D eigenvalue weighted by molar-refractivity contribution is -0.127. The monoisotopic (exact) mass is 376 g/mol. The first-order valence-electron chi connectivity index (χ1n) is 8.70. The van der Waals surface area contributed by atoms with E-state index in [9.17, 15) is 9.90 Å². The van der Waals surface area contributed by atoms with Crippen molar-refractivity contribution in [2.24, 2.45) is 11.7 Å². The Morgan fingerprint density at radius 2 is 2.31 bits per heavy atom. The number of methoxy groups -OCH3 is 1. The fourth-order valence-electron chi connectivity index (χ4n) is 3.44.